The van der Waals surface area contributed by atoms with E-state index in [-0.39, 0.29) is 17.1 Å². The number of alkyl halides is 2. The number of rotatable bonds is 4. The number of ether oxygens (including phenoxy) is 2. The van der Waals surface area contributed by atoms with Crippen molar-refractivity contribution in [2.24, 2.45) is 0 Å². The zero-order valence-electron chi connectivity index (χ0n) is 19.4. The fourth-order valence-corrected chi connectivity index (χ4v) is 5.02. The van der Waals surface area contributed by atoms with Crippen LogP contribution in [0, 0.1) is 5.82 Å². The molecule has 0 aliphatic carbocycles. The van der Waals surface area contributed by atoms with Gasteiger partial charge in [-0.1, -0.05) is 18.7 Å². The average molecular weight is 494 g/mol. The van der Waals surface area contributed by atoms with Gasteiger partial charge in [0.05, 0.1) is 17.1 Å². The number of aliphatic hydroxyl groups is 1. The molecule has 0 spiro atoms. The molecule has 36 heavy (non-hydrogen) atoms. The quantitative estimate of drug-likeness (QED) is 0.404. The lowest BCUT2D eigenvalue weighted by molar-refractivity contribution is -0.0506. The summed E-state index contributed by atoms with van der Waals surface area (Å²) >= 11 is 0. The number of benzene rings is 2. The van der Waals surface area contributed by atoms with Crippen LogP contribution in [0.5, 0.6) is 5.75 Å². The van der Waals surface area contributed by atoms with Crippen LogP contribution < -0.4 is 4.74 Å². The van der Waals surface area contributed by atoms with Gasteiger partial charge in [0.25, 0.3) is 0 Å². The van der Waals surface area contributed by atoms with Gasteiger partial charge in [-0.15, -0.1) is 0 Å². The predicted molar refractivity (Wildman–Crippen MR) is 125 cm³/mol. The van der Waals surface area contributed by atoms with Gasteiger partial charge < -0.3 is 19.1 Å². The molecule has 0 unspecified atom stereocenters. The van der Waals surface area contributed by atoms with Crippen molar-refractivity contribution in [1.82, 2.24) is 19.5 Å². The second kappa shape index (κ2) is 7.79. The van der Waals surface area contributed by atoms with E-state index in [1.165, 1.54) is 24.5 Å². The van der Waals surface area contributed by atoms with Crippen LogP contribution in [0.3, 0.4) is 0 Å². The van der Waals surface area contributed by atoms with Gasteiger partial charge in [-0.25, -0.2) is 19.3 Å². The Labute approximate surface area is 203 Å². The van der Waals surface area contributed by atoms with Crippen LogP contribution in [0.15, 0.2) is 49.3 Å². The smallest absolute Gasteiger partial charge is 0.387 e. The molecule has 2 atom stereocenters. The molecule has 2 bridgehead atoms. The Morgan fingerprint density at radius 1 is 1.19 bits per heavy atom. The lowest BCUT2D eigenvalue weighted by atomic mass is 9.96. The standard InChI is InChI=1S/C26H21F3N4O3/c1-12-14-5-4-6-20(36-25(28)29)22(14)19-9-21(35-12)23-32-17-8-16(27)15(7-18(17)33(19)23)13-10-30-24(31-11-13)26(2,3)34/h4-8,10-11,19,21,25,34H,1,9H2,2-3H3/t19-,21-/m1/s1. The van der Waals surface area contributed by atoms with Crippen molar-refractivity contribution < 1.29 is 27.8 Å². The summed E-state index contributed by atoms with van der Waals surface area (Å²) in [5.74, 6) is 0.619. The van der Waals surface area contributed by atoms with E-state index in [1.807, 2.05) is 4.57 Å². The van der Waals surface area contributed by atoms with E-state index in [2.05, 4.69) is 21.5 Å². The molecule has 0 saturated carbocycles. The van der Waals surface area contributed by atoms with Gasteiger partial charge in [0.2, 0.25) is 0 Å². The normalized spacial score (nSPS) is 18.7. The third-order valence-electron chi connectivity index (χ3n) is 6.55. The summed E-state index contributed by atoms with van der Waals surface area (Å²) in [6.07, 6.45) is 2.85. The van der Waals surface area contributed by atoms with Gasteiger partial charge in [0.1, 0.15) is 22.9 Å². The van der Waals surface area contributed by atoms with E-state index in [0.29, 0.717) is 45.7 Å². The van der Waals surface area contributed by atoms with Crippen LogP contribution >= 0.6 is 0 Å². The molecule has 0 radical (unpaired) electrons. The first-order chi connectivity index (χ1) is 17.1. The molecule has 0 saturated heterocycles. The van der Waals surface area contributed by atoms with E-state index >= 15 is 4.39 Å². The maximum atomic E-state index is 15.2. The Morgan fingerprint density at radius 3 is 2.64 bits per heavy atom. The van der Waals surface area contributed by atoms with E-state index in [4.69, 9.17) is 9.47 Å². The Hall–Kier alpha value is -3.92. The zero-order valence-corrected chi connectivity index (χ0v) is 19.4. The van der Waals surface area contributed by atoms with Crippen molar-refractivity contribution in [3.8, 4) is 16.9 Å². The number of fused-ring (bicyclic) bond motifs is 9. The Kier molecular flexibility index (Phi) is 4.88. The molecular weight excluding hydrogens is 473 g/mol. The predicted octanol–water partition coefficient (Wildman–Crippen LogP) is 5.50. The van der Waals surface area contributed by atoms with E-state index in [1.54, 1.807) is 32.0 Å². The van der Waals surface area contributed by atoms with Gasteiger partial charge in [-0.05, 0) is 26.0 Å². The average Bonchev–Trinajstić information content (AvgIpc) is 3.29. The van der Waals surface area contributed by atoms with Crippen LogP contribution in [-0.4, -0.2) is 31.2 Å². The maximum Gasteiger partial charge on any atom is 0.387 e. The monoisotopic (exact) mass is 494 g/mol. The summed E-state index contributed by atoms with van der Waals surface area (Å²) in [7, 11) is 0. The lowest BCUT2D eigenvalue weighted by Gasteiger charge is -2.22. The van der Waals surface area contributed by atoms with Crippen LogP contribution in [0.25, 0.3) is 27.9 Å². The minimum atomic E-state index is -3.00. The first-order valence-electron chi connectivity index (χ1n) is 11.3. The van der Waals surface area contributed by atoms with Crippen molar-refractivity contribution in [2.75, 3.05) is 0 Å². The van der Waals surface area contributed by atoms with Gasteiger partial charge >= 0.3 is 6.61 Å². The lowest BCUT2D eigenvalue weighted by Crippen LogP contribution is -2.19. The summed E-state index contributed by atoms with van der Waals surface area (Å²) in [4.78, 5) is 13.0. The molecule has 2 aliphatic rings. The molecule has 4 aromatic rings. The molecule has 0 amide bonds. The van der Waals surface area contributed by atoms with Crippen molar-refractivity contribution in [1.29, 1.82) is 0 Å². The number of hydrogen-bond acceptors (Lipinski definition) is 6. The van der Waals surface area contributed by atoms with Crippen LogP contribution in [0.1, 0.15) is 55.2 Å². The largest absolute Gasteiger partial charge is 0.482 e. The molecule has 10 heteroatoms. The highest BCUT2D eigenvalue weighted by atomic mass is 19.3. The van der Waals surface area contributed by atoms with Crippen LogP contribution in [0.4, 0.5) is 13.2 Å². The summed E-state index contributed by atoms with van der Waals surface area (Å²) in [6.45, 7) is 4.10. The summed E-state index contributed by atoms with van der Waals surface area (Å²) in [5.41, 5.74) is 1.53. The van der Waals surface area contributed by atoms with E-state index in [0.717, 1.165) is 0 Å². The molecule has 2 aromatic carbocycles. The highest BCUT2D eigenvalue weighted by Crippen LogP contribution is 2.52. The molecule has 2 aliphatic heterocycles. The summed E-state index contributed by atoms with van der Waals surface area (Å²) in [6, 6.07) is 7.38. The van der Waals surface area contributed by atoms with Crippen molar-refractivity contribution >= 4 is 16.8 Å². The molecule has 0 fully saturated rings. The van der Waals surface area contributed by atoms with Crippen LogP contribution in [0.2, 0.25) is 0 Å². The van der Waals surface area contributed by atoms with Crippen molar-refractivity contribution in [3.63, 3.8) is 0 Å². The molecule has 6 rings (SSSR count). The number of aromatic nitrogens is 4. The molecule has 1 N–H and O–H groups in total. The number of nitrogens with zero attached hydrogens (tertiary/aromatic N) is 4. The van der Waals surface area contributed by atoms with Gasteiger partial charge in [-0.3, -0.25) is 0 Å². The SMILES string of the molecule is C=C1O[C@@H]2C[C@H](c3c(OC(F)F)cccc31)n1c2nc2cc(F)c(-c3cnc(C(C)(C)O)nc3)cc21. The third kappa shape index (κ3) is 3.43. The number of imidazole rings is 1. The Balaban J connectivity index is 1.53. The topological polar surface area (TPSA) is 82.3 Å². The minimum Gasteiger partial charge on any atom is -0.482 e. The molecule has 7 nitrogen and oxygen atoms in total. The highest BCUT2D eigenvalue weighted by Gasteiger charge is 2.42. The second-order valence-electron chi connectivity index (χ2n) is 9.39. The fraction of sp³-hybridized carbons (Fsp3) is 0.269. The highest BCUT2D eigenvalue weighted by molar-refractivity contribution is 5.84. The molecule has 4 heterocycles. The van der Waals surface area contributed by atoms with Gasteiger partial charge in [-0.2, -0.15) is 8.78 Å². The number of halogens is 3. The van der Waals surface area contributed by atoms with Crippen molar-refractivity contribution in [3.05, 3.63) is 77.9 Å². The fourth-order valence-electron chi connectivity index (χ4n) is 5.02. The minimum absolute atomic E-state index is 0.0329. The second-order valence-corrected chi connectivity index (χ2v) is 9.39. The van der Waals surface area contributed by atoms with E-state index < -0.39 is 30.2 Å². The number of hydrogen-bond donors (Lipinski definition) is 1. The van der Waals surface area contributed by atoms with Gasteiger partial charge in [0, 0.05) is 47.1 Å². The summed E-state index contributed by atoms with van der Waals surface area (Å²) < 4.78 is 54.5. The Morgan fingerprint density at radius 2 is 1.94 bits per heavy atom. The summed E-state index contributed by atoms with van der Waals surface area (Å²) in [5, 5.41) is 10.1. The first kappa shape index (κ1) is 22.5. The van der Waals surface area contributed by atoms with E-state index in [9.17, 15) is 13.9 Å². The van der Waals surface area contributed by atoms with Crippen LogP contribution in [-0.2, 0) is 10.3 Å². The first-order valence-corrected chi connectivity index (χ1v) is 11.3. The molecule has 184 valence electrons. The Bertz CT molecular complexity index is 1530. The van der Waals surface area contributed by atoms with Crippen molar-refractivity contribution in [2.45, 2.75) is 44.6 Å². The molecular formula is C26H21F3N4O3. The van der Waals surface area contributed by atoms with Gasteiger partial charge in [0.15, 0.2) is 17.8 Å². The third-order valence-corrected chi connectivity index (χ3v) is 6.55. The zero-order chi connectivity index (χ0) is 25.4. The molecule has 2 aromatic heterocycles. The maximum absolute atomic E-state index is 15.2.